The zero-order chi connectivity index (χ0) is 14.9. The van der Waals surface area contributed by atoms with E-state index in [1.807, 2.05) is 18.2 Å². The van der Waals surface area contributed by atoms with E-state index >= 15 is 0 Å². The molecular formula is C16H17N5O. The first-order chi connectivity index (χ1) is 10.8. The number of hydrogen-bond acceptors (Lipinski definition) is 5. The second-order valence-electron chi connectivity index (χ2n) is 5.33. The quantitative estimate of drug-likeness (QED) is 0.756. The molecule has 1 aromatic carbocycles. The maximum Gasteiger partial charge on any atom is 0.185 e. The highest BCUT2D eigenvalue weighted by molar-refractivity contribution is 6.01. The van der Waals surface area contributed by atoms with Crippen molar-refractivity contribution in [1.29, 1.82) is 0 Å². The topological polar surface area (TPSA) is 80.1 Å². The summed E-state index contributed by atoms with van der Waals surface area (Å²) >= 11 is 0. The molecule has 1 saturated heterocycles. The van der Waals surface area contributed by atoms with Gasteiger partial charge in [-0.1, -0.05) is 30.3 Å². The monoisotopic (exact) mass is 295 g/mol. The van der Waals surface area contributed by atoms with E-state index in [1.54, 1.807) is 0 Å². The van der Waals surface area contributed by atoms with Gasteiger partial charge in [-0.3, -0.25) is 5.10 Å². The number of nitrogen functional groups attached to an aromatic ring is 1. The Bertz CT molecular complexity index is 793. The average Bonchev–Trinajstić information content (AvgIpc) is 2.97. The number of rotatable bonds is 2. The van der Waals surface area contributed by atoms with Gasteiger partial charge in [0.1, 0.15) is 11.6 Å². The Balaban J connectivity index is 1.90. The van der Waals surface area contributed by atoms with E-state index in [0.717, 1.165) is 48.6 Å². The first-order valence-corrected chi connectivity index (χ1v) is 7.35. The summed E-state index contributed by atoms with van der Waals surface area (Å²) in [6.45, 7) is 3.13. The van der Waals surface area contributed by atoms with Crippen molar-refractivity contribution in [3.8, 4) is 11.1 Å². The number of nitrogens with zero attached hydrogens (tertiary/aromatic N) is 3. The van der Waals surface area contributed by atoms with Crippen LogP contribution in [-0.4, -0.2) is 41.5 Å². The van der Waals surface area contributed by atoms with Gasteiger partial charge in [-0.15, -0.1) is 0 Å². The summed E-state index contributed by atoms with van der Waals surface area (Å²) in [6.07, 6.45) is 0. The van der Waals surface area contributed by atoms with E-state index in [2.05, 4.69) is 38.3 Å². The van der Waals surface area contributed by atoms with E-state index in [-0.39, 0.29) is 0 Å². The molecule has 112 valence electrons. The van der Waals surface area contributed by atoms with Crippen molar-refractivity contribution in [1.82, 2.24) is 15.2 Å². The molecule has 3 heterocycles. The van der Waals surface area contributed by atoms with Crippen LogP contribution in [-0.2, 0) is 4.74 Å². The van der Waals surface area contributed by atoms with Crippen LogP contribution in [0.4, 0.5) is 11.6 Å². The van der Waals surface area contributed by atoms with E-state index in [9.17, 15) is 0 Å². The lowest BCUT2D eigenvalue weighted by Crippen LogP contribution is -2.36. The Labute approximate surface area is 127 Å². The zero-order valence-corrected chi connectivity index (χ0v) is 12.1. The number of H-pyrrole nitrogens is 1. The fraction of sp³-hybridized carbons (Fsp3) is 0.250. The van der Waals surface area contributed by atoms with E-state index in [1.165, 1.54) is 0 Å². The third-order valence-corrected chi connectivity index (χ3v) is 3.96. The lowest BCUT2D eigenvalue weighted by molar-refractivity contribution is 0.122. The molecule has 3 aromatic rings. The molecule has 0 spiro atoms. The molecule has 0 aliphatic carbocycles. The van der Waals surface area contributed by atoms with E-state index in [0.29, 0.717) is 11.5 Å². The Kier molecular flexibility index (Phi) is 3.16. The number of hydrogen-bond donors (Lipinski definition) is 2. The van der Waals surface area contributed by atoms with Gasteiger partial charge < -0.3 is 15.4 Å². The Morgan fingerprint density at radius 3 is 2.68 bits per heavy atom. The highest BCUT2D eigenvalue weighted by Crippen LogP contribution is 2.33. The Hall–Kier alpha value is -2.60. The van der Waals surface area contributed by atoms with Gasteiger partial charge in [0.2, 0.25) is 0 Å². The van der Waals surface area contributed by atoms with Gasteiger partial charge in [0, 0.05) is 18.7 Å². The molecule has 3 N–H and O–H groups in total. The number of nitrogens with two attached hydrogens (primary N) is 1. The fourth-order valence-electron chi connectivity index (χ4n) is 2.83. The summed E-state index contributed by atoms with van der Waals surface area (Å²) in [5, 5.41) is 7.96. The predicted molar refractivity (Wildman–Crippen MR) is 86.8 cm³/mol. The van der Waals surface area contributed by atoms with Gasteiger partial charge in [-0.25, -0.2) is 4.98 Å². The van der Waals surface area contributed by atoms with Crippen LogP contribution in [0.5, 0.6) is 0 Å². The summed E-state index contributed by atoms with van der Waals surface area (Å²) in [5.41, 5.74) is 8.87. The molecule has 0 bridgehead atoms. The molecule has 0 amide bonds. The summed E-state index contributed by atoms with van der Waals surface area (Å²) < 4.78 is 5.42. The molecule has 6 nitrogen and oxygen atoms in total. The Morgan fingerprint density at radius 2 is 1.91 bits per heavy atom. The molecule has 22 heavy (non-hydrogen) atoms. The van der Waals surface area contributed by atoms with Crippen molar-refractivity contribution in [2.75, 3.05) is 36.9 Å². The molecule has 1 aliphatic heterocycles. The molecule has 0 atom stereocenters. The number of pyridine rings is 1. The van der Waals surface area contributed by atoms with Crippen LogP contribution < -0.4 is 10.6 Å². The molecular weight excluding hydrogens is 278 g/mol. The van der Waals surface area contributed by atoms with Crippen LogP contribution >= 0.6 is 0 Å². The lowest BCUT2D eigenvalue weighted by Gasteiger charge is -2.28. The minimum Gasteiger partial charge on any atom is -0.383 e. The van der Waals surface area contributed by atoms with Gasteiger partial charge in [0.05, 0.1) is 18.6 Å². The first kappa shape index (κ1) is 13.1. The standard InChI is InChI=1S/C16H17N5O/c17-15-14-12(11-4-2-1-3-5-11)10-13(18-16(14)20-19-15)21-6-8-22-9-7-21/h1-5,10H,6-9H2,(H3,17,18,19,20). The number of ether oxygens (including phenoxy) is 1. The number of nitrogens with one attached hydrogen (secondary N) is 1. The SMILES string of the molecule is Nc1[nH]nc2nc(N3CCOCC3)cc(-c3ccccc3)c12. The highest BCUT2D eigenvalue weighted by Gasteiger charge is 2.18. The normalized spacial score (nSPS) is 15.4. The van der Waals surface area contributed by atoms with Crippen LogP contribution in [0.25, 0.3) is 22.2 Å². The van der Waals surface area contributed by atoms with Crippen LogP contribution in [0.2, 0.25) is 0 Å². The molecule has 1 fully saturated rings. The molecule has 0 radical (unpaired) electrons. The second-order valence-corrected chi connectivity index (χ2v) is 5.33. The number of fused-ring (bicyclic) bond motifs is 1. The number of aromatic amines is 1. The van der Waals surface area contributed by atoms with Crippen molar-refractivity contribution in [2.24, 2.45) is 0 Å². The summed E-state index contributed by atoms with van der Waals surface area (Å²) in [6, 6.07) is 12.3. The van der Waals surface area contributed by atoms with Crippen molar-refractivity contribution in [2.45, 2.75) is 0 Å². The van der Waals surface area contributed by atoms with E-state index < -0.39 is 0 Å². The van der Waals surface area contributed by atoms with Crippen molar-refractivity contribution >= 4 is 22.7 Å². The highest BCUT2D eigenvalue weighted by atomic mass is 16.5. The van der Waals surface area contributed by atoms with Gasteiger partial charge >= 0.3 is 0 Å². The van der Waals surface area contributed by atoms with Crippen LogP contribution in [0.1, 0.15) is 0 Å². The molecule has 1 aliphatic rings. The van der Waals surface area contributed by atoms with E-state index in [4.69, 9.17) is 10.5 Å². The van der Waals surface area contributed by atoms with Gasteiger partial charge in [-0.2, -0.15) is 5.10 Å². The van der Waals surface area contributed by atoms with Crippen molar-refractivity contribution in [3.05, 3.63) is 36.4 Å². The number of aromatic nitrogens is 3. The third kappa shape index (κ3) is 2.17. The van der Waals surface area contributed by atoms with Crippen LogP contribution in [0.15, 0.2) is 36.4 Å². The van der Waals surface area contributed by atoms with Gasteiger partial charge in [0.15, 0.2) is 5.65 Å². The summed E-state index contributed by atoms with van der Waals surface area (Å²) in [7, 11) is 0. The van der Waals surface area contributed by atoms with Gasteiger partial charge in [-0.05, 0) is 11.6 Å². The van der Waals surface area contributed by atoms with Gasteiger partial charge in [0.25, 0.3) is 0 Å². The number of morpholine rings is 1. The maximum absolute atomic E-state index is 6.05. The summed E-state index contributed by atoms with van der Waals surface area (Å²) in [4.78, 5) is 6.88. The second kappa shape index (κ2) is 5.31. The fourth-order valence-corrected chi connectivity index (χ4v) is 2.83. The molecule has 0 unspecified atom stereocenters. The number of anilines is 2. The largest absolute Gasteiger partial charge is 0.383 e. The molecule has 2 aromatic heterocycles. The predicted octanol–water partition coefficient (Wildman–Crippen LogP) is 2.04. The third-order valence-electron chi connectivity index (χ3n) is 3.96. The van der Waals surface area contributed by atoms with Crippen LogP contribution in [0, 0.1) is 0 Å². The minimum absolute atomic E-state index is 0.551. The van der Waals surface area contributed by atoms with Crippen molar-refractivity contribution < 1.29 is 4.74 Å². The lowest BCUT2D eigenvalue weighted by atomic mass is 10.0. The molecule has 4 rings (SSSR count). The van der Waals surface area contributed by atoms with Crippen LogP contribution in [0.3, 0.4) is 0 Å². The first-order valence-electron chi connectivity index (χ1n) is 7.35. The molecule has 6 heteroatoms. The molecule has 0 saturated carbocycles. The maximum atomic E-state index is 6.05. The summed E-state index contributed by atoms with van der Waals surface area (Å²) in [5.74, 6) is 1.47. The smallest absolute Gasteiger partial charge is 0.185 e. The van der Waals surface area contributed by atoms with Crippen molar-refractivity contribution in [3.63, 3.8) is 0 Å². The zero-order valence-electron chi connectivity index (χ0n) is 12.1. The number of benzene rings is 1. The minimum atomic E-state index is 0.551. The Morgan fingerprint density at radius 1 is 1.14 bits per heavy atom. The average molecular weight is 295 g/mol.